The minimum Gasteiger partial charge on any atom is -0.493 e. The Morgan fingerprint density at radius 2 is 1.68 bits per heavy atom. The fourth-order valence-corrected chi connectivity index (χ4v) is 1.94. The second kappa shape index (κ2) is 7.36. The molecule has 0 bridgehead atoms. The maximum absolute atomic E-state index is 12.2. The first-order chi connectivity index (χ1) is 10.7. The van der Waals surface area contributed by atoms with Gasteiger partial charge in [-0.1, -0.05) is 18.2 Å². The number of hydrogen-bond donors (Lipinski definition) is 0. The van der Waals surface area contributed by atoms with E-state index in [1.807, 2.05) is 30.3 Å². The summed E-state index contributed by atoms with van der Waals surface area (Å²) in [5, 5.41) is 0. The van der Waals surface area contributed by atoms with Gasteiger partial charge in [0.05, 0.1) is 14.2 Å². The summed E-state index contributed by atoms with van der Waals surface area (Å²) in [4.78, 5) is 13.7. The molecule has 0 saturated heterocycles. The van der Waals surface area contributed by atoms with E-state index in [0.717, 1.165) is 0 Å². The summed E-state index contributed by atoms with van der Waals surface area (Å²) in [6.07, 6.45) is 0. The van der Waals surface area contributed by atoms with Crippen molar-refractivity contribution in [2.24, 2.45) is 0 Å². The van der Waals surface area contributed by atoms with Crippen molar-refractivity contribution in [2.45, 2.75) is 0 Å². The molecule has 22 heavy (non-hydrogen) atoms. The quantitative estimate of drug-likeness (QED) is 0.823. The number of rotatable bonds is 6. The largest absolute Gasteiger partial charge is 0.493 e. The van der Waals surface area contributed by atoms with Gasteiger partial charge in [-0.25, -0.2) is 0 Å². The number of methoxy groups -OCH3 is 2. The van der Waals surface area contributed by atoms with Gasteiger partial charge in [0.25, 0.3) is 5.91 Å². The van der Waals surface area contributed by atoms with Crippen LogP contribution < -0.4 is 19.1 Å². The minimum atomic E-state index is -0.156. The van der Waals surface area contributed by atoms with Gasteiger partial charge in [0.1, 0.15) is 5.75 Å². The van der Waals surface area contributed by atoms with Crippen LogP contribution in [0.4, 0.5) is 5.69 Å². The van der Waals surface area contributed by atoms with Crippen molar-refractivity contribution in [1.82, 2.24) is 0 Å². The molecule has 0 spiro atoms. The number of carbonyl (C=O) groups is 1. The van der Waals surface area contributed by atoms with E-state index in [4.69, 9.17) is 14.2 Å². The molecule has 0 saturated carbocycles. The summed E-state index contributed by atoms with van der Waals surface area (Å²) in [6, 6.07) is 14.5. The van der Waals surface area contributed by atoms with Gasteiger partial charge >= 0.3 is 0 Å². The molecule has 0 aliphatic heterocycles. The number of hydrogen-bond acceptors (Lipinski definition) is 4. The lowest BCUT2D eigenvalue weighted by atomic mass is 10.2. The lowest BCUT2D eigenvalue weighted by molar-refractivity contribution is -0.120. The SMILES string of the molecule is COc1ccc(N(C)C(=O)COc2ccccc2)cc1OC. The zero-order chi connectivity index (χ0) is 15.9. The molecule has 1 amide bonds. The maximum atomic E-state index is 12.2. The number of para-hydroxylation sites is 1. The van der Waals surface area contributed by atoms with Crippen molar-refractivity contribution < 1.29 is 19.0 Å². The van der Waals surface area contributed by atoms with E-state index in [2.05, 4.69) is 0 Å². The van der Waals surface area contributed by atoms with Crippen molar-refractivity contribution in [3.8, 4) is 17.2 Å². The van der Waals surface area contributed by atoms with Crippen LogP contribution in [0.2, 0.25) is 0 Å². The molecule has 5 heteroatoms. The van der Waals surface area contributed by atoms with Crippen molar-refractivity contribution in [3.05, 3.63) is 48.5 Å². The second-order valence-corrected chi connectivity index (χ2v) is 4.59. The number of carbonyl (C=O) groups excluding carboxylic acids is 1. The van der Waals surface area contributed by atoms with E-state index in [9.17, 15) is 4.79 Å². The van der Waals surface area contributed by atoms with E-state index in [1.54, 1.807) is 39.5 Å². The third kappa shape index (κ3) is 3.69. The Kier molecular flexibility index (Phi) is 5.25. The summed E-state index contributed by atoms with van der Waals surface area (Å²) >= 11 is 0. The first-order valence-electron chi connectivity index (χ1n) is 6.82. The summed E-state index contributed by atoms with van der Waals surface area (Å²) in [5.41, 5.74) is 0.708. The number of likely N-dealkylation sites (N-methyl/N-ethyl adjacent to an activating group) is 1. The molecule has 0 heterocycles. The topological polar surface area (TPSA) is 48.0 Å². The Morgan fingerprint density at radius 1 is 1.00 bits per heavy atom. The Balaban J connectivity index is 2.04. The Labute approximate surface area is 130 Å². The highest BCUT2D eigenvalue weighted by Gasteiger charge is 2.14. The zero-order valence-electron chi connectivity index (χ0n) is 12.9. The zero-order valence-corrected chi connectivity index (χ0v) is 12.9. The van der Waals surface area contributed by atoms with Crippen molar-refractivity contribution in [3.63, 3.8) is 0 Å². The van der Waals surface area contributed by atoms with Crippen molar-refractivity contribution >= 4 is 11.6 Å². The summed E-state index contributed by atoms with van der Waals surface area (Å²) < 4.78 is 15.9. The maximum Gasteiger partial charge on any atom is 0.264 e. The van der Waals surface area contributed by atoms with Crippen molar-refractivity contribution in [1.29, 1.82) is 0 Å². The third-order valence-corrected chi connectivity index (χ3v) is 3.23. The minimum absolute atomic E-state index is 0.0329. The van der Waals surface area contributed by atoms with Crippen LogP contribution in [-0.2, 0) is 4.79 Å². The van der Waals surface area contributed by atoms with Gasteiger partial charge in [-0.2, -0.15) is 0 Å². The number of benzene rings is 2. The monoisotopic (exact) mass is 301 g/mol. The lowest BCUT2D eigenvalue weighted by Gasteiger charge is -2.19. The van der Waals surface area contributed by atoms with Gasteiger partial charge in [0.2, 0.25) is 0 Å². The molecule has 116 valence electrons. The van der Waals surface area contributed by atoms with Crippen LogP contribution in [0.25, 0.3) is 0 Å². The molecular formula is C17H19NO4. The van der Waals surface area contributed by atoms with Crippen LogP contribution in [0.15, 0.2) is 48.5 Å². The van der Waals surface area contributed by atoms with Gasteiger partial charge in [-0.15, -0.1) is 0 Å². The molecule has 0 radical (unpaired) electrons. The summed E-state index contributed by atoms with van der Waals surface area (Å²) in [6.45, 7) is -0.0329. The van der Waals surface area contributed by atoms with E-state index >= 15 is 0 Å². The van der Waals surface area contributed by atoms with Crippen LogP contribution in [-0.4, -0.2) is 33.8 Å². The molecule has 5 nitrogen and oxygen atoms in total. The first kappa shape index (κ1) is 15.7. The number of amides is 1. The van der Waals surface area contributed by atoms with Gasteiger partial charge in [0.15, 0.2) is 18.1 Å². The highest BCUT2D eigenvalue weighted by molar-refractivity contribution is 5.94. The molecule has 2 aromatic carbocycles. The van der Waals surface area contributed by atoms with Gasteiger partial charge in [0, 0.05) is 18.8 Å². The summed E-state index contributed by atoms with van der Waals surface area (Å²) in [7, 11) is 4.82. The number of ether oxygens (including phenoxy) is 3. The van der Waals surface area contributed by atoms with Crippen LogP contribution in [0, 0.1) is 0 Å². The predicted octanol–water partition coefficient (Wildman–Crippen LogP) is 2.75. The standard InChI is InChI=1S/C17H19NO4/c1-18(13-9-10-15(20-2)16(11-13)21-3)17(19)12-22-14-7-5-4-6-8-14/h4-11H,12H2,1-3H3. The molecule has 0 aliphatic carbocycles. The van der Waals surface area contributed by atoms with Crippen LogP contribution in [0.3, 0.4) is 0 Å². The molecule has 0 atom stereocenters. The van der Waals surface area contributed by atoms with E-state index in [-0.39, 0.29) is 12.5 Å². The molecule has 2 aromatic rings. The normalized spacial score (nSPS) is 9.95. The van der Waals surface area contributed by atoms with Crippen LogP contribution >= 0.6 is 0 Å². The smallest absolute Gasteiger partial charge is 0.264 e. The molecular weight excluding hydrogens is 282 g/mol. The first-order valence-corrected chi connectivity index (χ1v) is 6.82. The van der Waals surface area contributed by atoms with Crippen LogP contribution in [0.5, 0.6) is 17.2 Å². The highest BCUT2D eigenvalue weighted by Crippen LogP contribution is 2.31. The molecule has 0 aliphatic rings. The average molecular weight is 301 g/mol. The van der Waals surface area contributed by atoms with Gasteiger partial charge < -0.3 is 19.1 Å². The van der Waals surface area contributed by atoms with Gasteiger partial charge in [-0.3, -0.25) is 4.79 Å². The lowest BCUT2D eigenvalue weighted by Crippen LogP contribution is -2.31. The third-order valence-electron chi connectivity index (χ3n) is 3.23. The van der Waals surface area contributed by atoms with Gasteiger partial charge in [-0.05, 0) is 24.3 Å². The van der Waals surface area contributed by atoms with E-state index < -0.39 is 0 Å². The second-order valence-electron chi connectivity index (χ2n) is 4.59. The predicted molar refractivity (Wildman–Crippen MR) is 84.9 cm³/mol. The van der Waals surface area contributed by atoms with Crippen LogP contribution in [0.1, 0.15) is 0 Å². The number of anilines is 1. The molecule has 0 aromatic heterocycles. The summed E-state index contributed by atoms with van der Waals surface area (Å²) in [5.74, 6) is 1.70. The van der Waals surface area contributed by atoms with E-state index in [1.165, 1.54) is 4.90 Å². The Bertz CT molecular complexity index is 628. The number of nitrogens with zero attached hydrogens (tertiary/aromatic N) is 1. The fourth-order valence-electron chi connectivity index (χ4n) is 1.94. The molecule has 0 N–H and O–H groups in total. The average Bonchev–Trinajstić information content (AvgIpc) is 2.59. The van der Waals surface area contributed by atoms with E-state index in [0.29, 0.717) is 22.9 Å². The molecule has 2 rings (SSSR count). The van der Waals surface area contributed by atoms with Crippen molar-refractivity contribution in [2.75, 3.05) is 32.8 Å². The molecule has 0 fully saturated rings. The Morgan fingerprint density at radius 3 is 2.32 bits per heavy atom. The molecule has 0 unspecified atom stereocenters. The fraction of sp³-hybridized carbons (Fsp3) is 0.235. The Hall–Kier alpha value is -2.69. The highest BCUT2D eigenvalue weighted by atomic mass is 16.5.